The largest absolute Gasteiger partial charge is 0.479 e. The van der Waals surface area contributed by atoms with Crippen LogP contribution in [-0.2, 0) is 16.9 Å². The molecule has 104 valence electrons. The molecule has 8 heteroatoms. The van der Waals surface area contributed by atoms with Gasteiger partial charge in [-0.1, -0.05) is 0 Å². The van der Waals surface area contributed by atoms with Gasteiger partial charge in [-0.2, -0.15) is 0 Å². The summed E-state index contributed by atoms with van der Waals surface area (Å²) in [6, 6.07) is -0.201. The van der Waals surface area contributed by atoms with Crippen LogP contribution in [0.3, 0.4) is 0 Å². The van der Waals surface area contributed by atoms with Gasteiger partial charge >= 0.3 is 0 Å². The van der Waals surface area contributed by atoms with Crippen molar-refractivity contribution in [2.45, 2.75) is 17.7 Å². The van der Waals surface area contributed by atoms with E-state index in [1.807, 2.05) is 0 Å². The van der Waals surface area contributed by atoms with Gasteiger partial charge in [-0.3, -0.25) is 9.48 Å². The zero-order valence-corrected chi connectivity index (χ0v) is 11.6. The monoisotopic (exact) mass is 285 g/mol. The van der Waals surface area contributed by atoms with Crippen LogP contribution in [-0.4, -0.2) is 59.7 Å². The lowest BCUT2D eigenvalue weighted by Crippen LogP contribution is -2.44. The standard InChI is InChI=1S/C11H15N3O4S/c1-13-5-9(10(12-13)18-2)11(15)14-4-8-3-7(14)6-19(8,16)17/h5,7-8H,3-4,6H2,1-2H3. The third-order valence-electron chi connectivity index (χ3n) is 3.79. The average Bonchev–Trinajstić information content (AvgIpc) is 2.98. The Kier molecular flexibility index (Phi) is 2.60. The lowest BCUT2D eigenvalue weighted by molar-refractivity contribution is 0.0742. The first-order chi connectivity index (χ1) is 8.92. The molecule has 7 nitrogen and oxygen atoms in total. The third kappa shape index (κ3) is 1.81. The summed E-state index contributed by atoms with van der Waals surface area (Å²) in [7, 11) is 0.174. The van der Waals surface area contributed by atoms with Gasteiger partial charge in [-0.15, -0.1) is 5.10 Å². The summed E-state index contributed by atoms with van der Waals surface area (Å²) in [6.07, 6.45) is 2.15. The fourth-order valence-corrected chi connectivity index (χ4v) is 4.89. The highest BCUT2D eigenvalue weighted by molar-refractivity contribution is 7.92. The maximum Gasteiger partial charge on any atom is 0.261 e. The normalized spacial score (nSPS) is 27.8. The van der Waals surface area contributed by atoms with Gasteiger partial charge in [0.25, 0.3) is 5.91 Å². The molecule has 2 bridgehead atoms. The van der Waals surface area contributed by atoms with E-state index in [1.54, 1.807) is 18.1 Å². The van der Waals surface area contributed by atoms with Gasteiger partial charge in [0.05, 0.1) is 18.1 Å². The molecule has 2 aliphatic rings. The number of nitrogens with zero attached hydrogens (tertiary/aromatic N) is 3. The molecule has 0 saturated carbocycles. The highest BCUT2D eigenvalue weighted by atomic mass is 32.2. The van der Waals surface area contributed by atoms with Gasteiger partial charge < -0.3 is 9.64 Å². The quantitative estimate of drug-likeness (QED) is 0.727. The van der Waals surface area contributed by atoms with E-state index in [2.05, 4.69) is 5.10 Å². The van der Waals surface area contributed by atoms with Crippen molar-refractivity contribution in [3.8, 4) is 5.88 Å². The van der Waals surface area contributed by atoms with Crippen molar-refractivity contribution in [1.82, 2.24) is 14.7 Å². The highest BCUT2D eigenvalue weighted by Gasteiger charge is 2.50. The maximum atomic E-state index is 12.4. The summed E-state index contributed by atoms with van der Waals surface area (Å²) in [5.41, 5.74) is 0.384. The predicted octanol–water partition coefficient (Wildman–Crippen LogP) is -0.560. The summed E-state index contributed by atoms with van der Waals surface area (Å²) in [5, 5.41) is 3.64. The number of carbonyl (C=O) groups is 1. The van der Waals surface area contributed by atoms with Crippen molar-refractivity contribution in [1.29, 1.82) is 0 Å². The molecule has 2 fully saturated rings. The van der Waals surface area contributed by atoms with Crippen molar-refractivity contribution in [2.24, 2.45) is 7.05 Å². The van der Waals surface area contributed by atoms with Gasteiger partial charge in [-0.25, -0.2) is 8.42 Å². The SMILES string of the molecule is COc1nn(C)cc1C(=O)N1CC2CC1CS2(=O)=O. The summed E-state index contributed by atoms with van der Waals surface area (Å²) in [5.74, 6) is 0.150. The molecule has 0 radical (unpaired) electrons. The number of ether oxygens (including phenoxy) is 1. The highest BCUT2D eigenvalue weighted by Crippen LogP contribution is 2.34. The van der Waals surface area contributed by atoms with Crippen molar-refractivity contribution in [3.63, 3.8) is 0 Å². The van der Waals surface area contributed by atoms with Gasteiger partial charge in [0.1, 0.15) is 5.56 Å². The van der Waals surface area contributed by atoms with Crippen molar-refractivity contribution in [3.05, 3.63) is 11.8 Å². The number of hydrogen-bond donors (Lipinski definition) is 0. The Balaban J connectivity index is 1.87. The van der Waals surface area contributed by atoms with Crippen LogP contribution >= 0.6 is 0 Å². The number of aryl methyl sites for hydroxylation is 1. The Morgan fingerprint density at radius 2 is 2.26 bits per heavy atom. The number of amides is 1. The van der Waals surface area contributed by atoms with E-state index >= 15 is 0 Å². The average molecular weight is 285 g/mol. The van der Waals surface area contributed by atoms with Crippen LogP contribution in [0.2, 0.25) is 0 Å². The summed E-state index contributed by atoms with van der Waals surface area (Å²) >= 11 is 0. The summed E-state index contributed by atoms with van der Waals surface area (Å²) in [4.78, 5) is 14.1. The summed E-state index contributed by atoms with van der Waals surface area (Å²) in [6.45, 7) is 0.282. The minimum Gasteiger partial charge on any atom is -0.479 e. The third-order valence-corrected chi connectivity index (χ3v) is 5.99. The number of likely N-dealkylation sites (tertiary alicyclic amines) is 1. The van der Waals surface area contributed by atoms with E-state index in [0.717, 1.165) is 0 Å². The molecule has 2 unspecified atom stereocenters. The predicted molar refractivity (Wildman–Crippen MR) is 66.8 cm³/mol. The van der Waals surface area contributed by atoms with Crippen molar-refractivity contribution < 1.29 is 17.9 Å². The molecule has 0 spiro atoms. The topological polar surface area (TPSA) is 81.5 Å². The van der Waals surface area contributed by atoms with Gasteiger partial charge in [0, 0.05) is 25.8 Å². The Bertz CT molecular complexity index is 636. The van der Waals surface area contributed by atoms with E-state index in [9.17, 15) is 13.2 Å². The lowest BCUT2D eigenvalue weighted by atomic mass is 10.2. The second-order valence-electron chi connectivity index (χ2n) is 5.02. The van der Waals surface area contributed by atoms with Crippen molar-refractivity contribution in [2.75, 3.05) is 19.4 Å². The first kappa shape index (κ1) is 12.5. The maximum absolute atomic E-state index is 12.4. The Morgan fingerprint density at radius 1 is 1.53 bits per heavy atom. The number of rotatable bonds is 2. The lowest BCUT2D eigenvalue weighted by Gasteiger charge is -2.26. The van der Waals surface area contributed by atoms with Crippen LogP contribution in [0, 0.1) is 0 Å². The van der Waals surface area contributed by atoms with E-state index < -0.39 is 15.1 Å². The molecule has 1 aromatic rings. The molecule has 0 aromatic carbocycles. The van der Waals surface area contributed by atoms with Gasteiger partial charge in [0.15, 0.2) is 9.84 Å². The molecule has 2 atom stereocenters. The van der Waals surface area contributed by atoms with Crippen LogP contribution in [0.25, 0.3) is 0 Å². The Morgan fingerprint density at radius 3 is 2.79 bits per heavy atom. The van der Waals surface area contributed by atoms with Crippen LogP contribution in [0.1, 0.15) is 16.8 Å². The molecular formula is C11H15N3O4S. The molecule has 1 aromatic heterocycles. The fraction of sp³-hybridized carbons (Fsp3) is 0.636. The van der Waals surface area contributed by atoms with Crippen LogP contribution in [0.5, 0.6) is 5.88 Å². The van der Waals surface area contributed by atoms with E-state index in [4.69, 9.17) is 4.74 Å². The molecule has 0 N–H and O–H groups in total. The molecule has 2 aliphatic heterocycles. The molecule has 3 heterocycles. The zero-order chi connectivity index (χ0) is 13.8. The molecule has 3 rings (SSSR count). The second-order valence-corrected chi connectivity index (χ2v) is 7.35. The van der Waals surface area contributed by atoms with Crippen LogP contribution < -0.4 is 4.74 Å². The number of carbonyl (C=O) groups excluding carboxylic acids is 1. The Hall–Kier alpha value is -1.57. The molecule has 19 heavy (non-hydrogen) atoms. The molecule has 2 saturated heterocycles. The number of aromatic nitrogens is 2. The summed E-state index contributed by atoms with van der Waals surface area (Å²) < 4.78 is 29.9. The minimum atomic E-state index is -2.99. The number of fused-ring (bicyclic) bond motifs is 2. The van der Waals surface area contributed by atoms with E-state index in [1.165, 1.54) is 11.8 Å². The first-order valence-corrected chi connectivity index (χ1v) is 7.74. The van der Waals surface area contributed by atoms with Crippen molar-refractivity contribution >= 4 is 15.7 Å². The number of hydrogen-bond acceptors (Lipinski definition) is 5. The smallest absolute Gasteiger partial charge is 0.261 e. The number of methoxy groups -OCH3 is 1. The van der Waals surface area contributed by atoms with Crippen LogP contribution in [0.4, 0.5) is 0 Å². The molecular weight excluding hydrogens is 270 g/mol. The fourth-order valence-electron chi connectivity index (χ4n) is 2.87. The molecule has 1 amide bonds. The number of sulfone groups is 1. The van der Waals surface area contributed by atoms with Crippen LogP contribution in [0.15, 0.2) is 6.20 Å². The van der Waals surface area contributed by atoms with E-state index in [0.29, 0.717) is 12.0 Å². The first-order valence-electron chi connectivity index (χ1n) is 6.02. The van der Waals surface area contributed by atoms with Gasteiger partial charge in [0.2, 0.25) is 5.88 Å². The Labute approximate surface area is 111 Å². The minimum absolute atomic E-state index is 0.0754. The van der Waals surface area contributed by atoms with Gasteiger partial charge in [-0.05, 0) is 6.42 Å². The second kappa shape index (κ2) is 3.96. The molecule has 0 aliphatic carbocycles. The zero-order valence-electron chi connectivity index (χ0n) is 10.7. The van der Waals surface area contributed by atoms with E-state index in [-0.39, 0.29) is 30.1 Å².